The highest BCUT2D eigenvalue weighted by Crippen LogP contribution is 2.40. The first-order valence-electron chi connectivity index (χ1n) is 11.2. The summed E-state index contributed by atoms with van der Waals surface area (Å²) in [7, 11) is -3.40. The van der Waals surface area contributed by atoms with E-state index >= 15 is 0 Å². The van der Waals surface area contributed by atoms with E-state index in [0.29, 0.717) is 11.8 Å². The SMILES string of the molecule is CC(C)N[C@@H](CC(C)(C)C)C(=O)N[C@H]1CC[C@@H]2CN(c3cnc(S(C)(=O)=O)nc3)C[C@@H]21. The predicted molar refractivity (Wildman–Crippen MR) is 122 cm³/mol. The molecule has 4 atom stereocenters. The quantitative estimate of drug-likeness (QED) is 0.611. The monoisotopic (exact) mass is 451 g/mol. The topological polar surface area (TPSA) is 104 Å². The summed E-state index contributed by atoms with van der Waals surface area (Å²) >= 11 is 0. The van der Waals surface area contributed by atoms with Crippen LogP contribution in [-0.4, -0.2) is 61.8 Å². The molecule has 2 N–H and O–H groups in total. The fourth-order valence-electron chi connectivity index (χ4n) is 4.84. The van der Waals surface area contributed by atoms with E-state index in [-0.39, 0.29) is 34.6 Å². The zero-order valence-corrected chi connectivity index (χ0v) is 20.4. The zero-order valence-electron chi connectivity index (χ0n) is 19.6. The number of anilines is 1. The van der Waals surface area contributed by atoms with Gasteiger partial charge in [0.25, 0.3) is 0 Å². The van der Waals surface area contributed by atoms with Gasteiger partial charge in [-0.1, -0.05) is 34.6 Å². The van der Waals surface area contributed by atoms with Crippen LogP contribution in [0.25, 0.3) is 0 Å². The van der Waals surface area contributed by atoms with Crippen molar-refractivity contribution in [3.63, 3.8) is 0 Å². The molecule has 0 radical (unpaired) electrons. The molecular formula is C22H37N5O3S. The van der Waals surface area contributed by atoms with Gasteiger partial charge >= 0.3 is 0 Å². The molecule has 9 heteroatoms. The van der Waals surface area contributed by atoms with Gasteiger partial charge in [-0.3, -0.25) is 4.79 Å². The summed E-state index contributed by atoms with van der Waals surface area (Å²) in [6.45, 7) is 12.3. The van der Waals surface area contributed by atoms with E-state index in [4.69, 9.17) is 0 Å². The number of carbonyl (C=O) groups is 1. The highest BCUT2D eigenvalue weighted by Gasteiger charge is 2.44. The van der Waals surface area contributed by atoms with Crippen molar-refractivity contribution < 1.29 is 13.2 Å². The number of hydrogen-bond acceptors (Lipinski definition) is 7. The third-order valence-electron chi connectivity index (χ3n) is 6.16. The number of nitrogens with one attached hydrogen (secondary N) is 2. The molecule has 1 saturated carbocycles. The van der Waals surface area contributed by atoms with E-state index < -0.39 is 9.84 Å². The van der Waals surface area contributed by atoms with E-state index in [0.717, 1.165) is 44.3 Å². The Morgan fingerprint density at radius 2 is 1.84 bits per heavy atom. The van der Waals surface area contributed by atoms with Crippen LogP contribution in [0, 0.1) is 17.3 Å². The fraction of sp³-hybridized carbons (Fsp3) is 0.773. The van der Waals surface area contributed by atoms with Crippen molar-refractivity contribution in [3.8, 4) is 0 Å². The van der Waals surface area contributed by atoms with Crippen LogP contribution in [0.4, 0.5) is 5.69 Å². The predicted octanol–water partition coefficient (Wildman–Crippen LogP) is 2.01. The molecule has 2 aliphatic rings. The second-order valence-electron chi connectivity index (χ2n) is 10.7. The number of amides is 1. The van der Waals surface area contributed by atoms with Gasteiger partial charge in [-0.2, -0.15) is 0 Å². The third kappa shape index (κ3) is 6.16. The lowest BCUT2D eigenvalue weighted by molar-refractivity contribution is -0.125. The molecule has 31 heavy (non-hydrogen) atoms. The van der Waals surface area contributed by atoms with Gasteiger partial charge in [-0.15, -0.1) is 0 Å². The lowest BCUT2D eigenvalue weighted by atomic mass is 9.87. The smallest absolute Gasteiger partial charge is 0.246 e. The Bertz CT molecular complexity index is 879. The number of hydrogen-bond donors (Lipinski definition) is 2. The van der Waals surface area contributed by atoms with Crippen LogP contribution in [0.1, 0.15) is 53.9 Å². The Morgan fingerprint density at radius 1 is 1.19 bits per heavy atom. The zero-order chi connectivity index (χ0) is 23.0. The molecule has 1 aliphatic carbocycles. The van der Waals surface area contributed by atoms with Gasteiger partial charge in [0, 0.05) is 37.3 Å². The maximum absolute atomic E-state index is 13.1. The maximum atomic E-state index is 13.1. The summed E-state index contributed by atoms with van der Waals surface area (Å²) in [4.78, 5) is 23.4. The number of nitrogens with zero attached hydrogens (tertiary/aromatic N) is 3. The Morgan fingerprint density at radius 3 is 2.39 bits per heavy atom. The molecule has 1 amide bonds. The summed E-state index contributed by atoms with van der Waals surface area (Å²) in [5, 5.41) is 6.62. The van der Waals surface area contributed by atoms with Crippen molar-refractivity contribution in [1.29, 1.82) is 0 Å². The minimum absolute atomic E-state index is 0.0599. The van der Waals surface area contributed by atoms with Crippen molar-refractivity contribution in [3.05, 3.63) is 12.4 Å². The van der Waals surface area contributed by atoms with Crippen LogP contribution < -0.4 is 15.5 Å². The second-order valence-corrected chi connectivity index (χ2v) is 12.6. The van der Waals surface area contributed by atoms with Crippen LogP contribution >= 0.6 is 0 Å². The van der Waals surface area contributed by atoms with Crippen LogP contribution in [0.2, 0.25) is 0 Å². The first-order chi connectivity index (χ1) is 14.3. The van der Waals surface area contributed by atoms with E-state index in [2.05, 4.69) is 60.1 Å². The first kappa shape index (κ1) is 23.9. The molecule has 0 bridgehead atoms. The van der Waals surface area contributed by atoms with Crippen molar-refractivity contribution in [2.75, 3.05) is 24.2 Å². The largest absolute Gasteiger partial charge is 0.368 e. The number of rotatable bonds is 7. The number of fused-ring (bicyclic) bond motifs is 1. The van der Waals surface area contributed by atoms with Gasteiger partial charge in [0.2, 0.25) is 20.9 Å². The van der Waals surface area contributed by atoms with Gasteiger partial charge in [0.05, 0.1) is 24.1 Å². The average Bonchev–Trinajstić information content (AvgIpc) is 3.21. The summed E-state index contributed by atoms with van der Waals surface area (Å²) in [5.41, 5.74) is 0.892. The van der Waals surface area contributed by atoms with Crippen LogP contribution in [0.5, 0.6) is 0 Å². The Labute approximate surface area is 186 Å². The standard InChI is InChI=1S/C22H37N5O3S/c1-14(2)25-19(9-22(3,4)5)20(28)26-18-8-7-15-12-27(13-17(15)18)16-10-23-21(24-11-16)31(6,29)30/h10-11,14-15,17-19,25H,7-9,12-13H2,1-6H3,(H,26,28)/t15-,17+,18+,19+/m1/s1. The molecular weight excluding hydrogens is 414 g/mol. The number of carbonyl (C=O) groups excluding carboxylic acids is 1. The molecule has 3 rings (SSSR count). The molecule has 2 heterocycles. The molecule has 1 aromatic rings. The molecule has 0 aromatic carbocycles. The summed E-state index contributed by atoms with van der Waals surface area (Å²) < 4.78 is 23.2. The number of sulfone groups is 1. The van der Waals surface area contributed by atoms with Crippen LogP contribution in [-0.2, 0) is 14.6 Å². The molecule has 0 spiro atoms. The van der Waals surface area contributed by atoms with Crippen molar-refractivity contribution in [1.82, 2.24) is 20.6 Å². The van der Waals surface area contributed by atoms with Crippen molar-refractivity contribution in [2.24, 2.45) is 17.3 Å². The van der Waals surface area contributed by atoms with E-state index in [1.807, 2.05) is 0 Å². The molecule has 174 valence electrons. The lowest BCUT2D eigenvalue weighted by Gasteiger charge is -2.30. The Balaban J connectivity index is 1.64. The lowest BCUT2D eigenvalue weighted by Crippen LogP contribution is -2.52. The summed E-state index contributed by atoms with van der Waals surface area (Å²) in [6, 6.07) is 0.204. The summed E-state index contributed by atoms with van der Waals surface area (Å²) in [5.74, 6) is 0.987. The minimum Gasteiger partial charge on any atom is -0.368 e. The summed E-state index contributed by atoms with van der Waals surface area (Å²) in [6.07, 6.45) is 7.15. The van der Waals surface area contributed by atoms with Gasteiger partial charge in [0.1, 0.15) is 0 Å². The maximum Gasteiger partial charge on any atom is 0.246 e. The van der Waals surface area contributed by atoms with E-state index in [1.54, 1.807) is 12.4 Å². The highest BCUT2D eigenvalue weighted by atomic mass is 32.2. The van der Waals surface area contributed by atoms with Crippen LogP contribution in [0.15, 0.2) is 17.6 Å². The van der Waals surface area contributed by atoms with Crippen molar-refractivity contribution >= 4 is 21.4 Å². The average molecular weight is 452 g/mol. The number of aromatic nitrogens is 2. The molecule has 1 saturated heterocycles. The van der Waals surface area contributed by atoms with Crippen LogP contribution in [0.3, 0.4) is 0 Å². The molecule has 2 fully saturated rings. The van der Waals surface area contributed by atoms with Gasteiger partial charge in [0.15, 0.2) is 0 Å². The Kier molecular flexibility index (Phi) is 6.96. The molecule has 1 aliphatic heterocycles. The third-order valence-corrected chi connectivity index (χ3v) is 7.04. The Hall–Kier alpha value is -1.74. The minimum atomic E-state index is -3.40. The highest BCUT2D eigenvalue weighted by molar-refractivity contribution is 7.90. The van der Waals surface area contributed by atoms with Gasteiger partial charge < -0.3 is 15.5 Å². The first-order valence-corrected chi connectivity index (χ1v) is 13.1. The fourth-order valence-corrected chi connectivity index (χ4v) is 5.33. The normalized spacial score (nSPS) is 25.0. The van der Waals surface area contributed by atoms with E-state index in [9.17, 15) is 13.2 Å². The van der Waals surface area contributed by atoms with Crippen molar-refractivity contribution in [2.45, 2.75) is 77.2 Å². The van der Waals surface area contributed by atoms with Gasteiger partial charge in [-0.05, 0) is 30.6 Å². The van der Waals surface area contributed by atoms with Gasteiger partial charge in [-0.25, -0.2) is 18.4 Å². The molecule has 0 unspecified atom stereocenters. The molecule has 1 aromatic heterocycles. The molecule has 8 nitrogen and oxygen atoms in total. The second kappa shape index (κ2) is 9.02. The van der Waals surface area contributed by atoms with E-state index in [1.165, 1.54) is 0 Å².